The number of hydrogen-bond acceptors (Lipinski definition) is 2. The first-order valence-electron chi connectivity index (χ1n) is 7.21. The average molecular weight is 290 g/mol. The number of rotatable bonds is 4. The largest absolute Gasteiger partial charge is 0.392 e. The van der Waals surface area contributed by atoms with Crippen LogP contribution in [0.25, 0.3) is 0 Å². The van der Waals surface area contributed by atoms with E-state index in [1.165, 1.54) is 0 Å². The maximum Gasteiger partial charge on any atom is 0.392 e. The zero-order chi connectivity index (χ0) is 14.8. The van der Waals surface area contributed by atoms with Crippen molar-refractivity contribution in [2.75, 3.05) is 0 Å². The second kappa shape index (κ2) is 6.16. The van der Waals surface area contributed by atoms with Gasteiger partial charge < -0.3 is 9.67 Å². The summed E-state index contributed by atoms with van der Waals surface area (Å²) in [6.07, 6.45) is 0.567. The molecule has 1 aliphatic rings. The van der Waals surface area contributed by atoms with Gasteiger partial charge in [-0.1, -0.05) is 19.8 Å². The van der Waals surface area contributed by atoms with Gasteiger partial charge in [0.2, 0.25) is 0 Å². The lowest BCUT2D eigenvalue weighted by Gasteiger charge is -2.35. The van der Waals surface area contributed by atoms with E-state index >= 15 is 0 Å². The van der Waals surface area contributed by atoms with Crippen molar-refractivity contribution in [1.29, 1.82) is 0 Å². The highest BCUT2D eigenvalue weighted by Gasteiger charge is 2.48. The molecule has 0 amide bonds. The minimum absolute atomic E-state index is 0.111. The van der Waals surface area contributed by atoms with Crippen LogP contribution in [0.4, 0.5) is 13.2 Å². The SMILES string of the molecule is CCCn1ccnc1C(O)C1CCCCC1C(F)(F)F. The number of aryl methyl sites for hydroxylation is 1. The van der Waals surface area contributed by atoms with Crippen LogP contribution >= 0.6 is 0 Å². The molecule has 0 saturated heterocycles. The quantitative estimate of drug-likeness (QED) is 0.918. The van der Waals surface area contributed by atoms with Crippen molar-refractivity contribution in [3.05, 3.63) is 18.2 Å². The van der Waals surface area contributed by atoms with Gasteiger partial charge in [0.25, 0.3) is 0 Å². The molecule has 0 radical (unpaired) electrons. The molecule has 0 spiro atoms. The maximum absolute atomic E-state index is 13.1. The number of alkyl halides is 3. The molecule has 1 fully saturated rings. The van der Waals surface area contributed by atoms with Crippen molar-refractivity contribution in [3.63, 3.8) is 0 Å². The molecule has 3 atom stereocenters. The van der Waals surface area contributed by atoms with Gasteiger partial charge in [0.05, 0.1) is 5.92 Å². The van der Waals surface area contributed by atoms with Gasteiger partial charge in [-0.15, -0.1) is 0 Å². The highest BCUT2D eigenvalue weighted by Crippen LogP contribution is 2.46. The summed E-state index contributed by atoms with van der Waals surface area (Å²) in [6, 6.07) is 0. The first-order chi connectivity index (χ1) is 9.45. The molecular weight excluding hydrogens is 269 g/mol. The Morgan fingerprint density at radius 2 is 2.10 bits per heavy atom. The summed E-state index contributed by atoms with van der Waals surface area (Å²) in [5.74, 6) is -1.83. The Labute approximate surface area is 116 Å². The fourth-order valence-electron chi connectivity index (χ4n) is 3.15. The Bertz CT molecular complexity index is 430. The predicted molar refractivity (Wildman–Crippen MR) is 69.0 cm³/mol. The van der Waals surface area contributed by atoms with Gasteiger partial charge in [0.15, 0.2) is 0 Å². The summed E-state index contributed by atoms with van der Waals surface area (Å²) in [5.41, 5.74) is 0. The van der Waals surface area contributed by atoms with Crippen LogP contribution in [0.5, 0.6) is 0 Å². The van der Waals surface area contributed by atoms with E-state index in [1.807, 2.05) is 6.92 Å². The summed E-state index contributed by atoms with van der Waals surface area (Å²) in [5, 5.41) is 10.4. The van der Waals surface area contributed by atoms with Crippen LogP contribution in [-0.4, -0.2) is 20.8 Å². The third-order valence-corrected chi connectivity index (χ3v) is 4.12. The summed E-state index contributed by atoms with van der Waals surface area (Å²) >= 11 is 0. The lowest BCUT2D eigenvalue weighted by molar-refractivity contribution is -0.207. The minimum atomic E-state index is -4.24. The molecule has 1 aromatic rings. The van der Waals surface area contributed by atoms with Crippen molar-refractivity contribution in [2.45, 2.75) is 57.9 Å². The number of nitrogens with zero attached hydrogens (tertiary/aromatic N) is 2. The van der Waals surface area contributed by atoms with Crippen LogP contribution < -0.4 is 0 Å². The number of aliphatic hydroxyl groups is 1. The molecule has 3 unspecified atom stereocenters. The molecule has 1 aromatic heterocycles. The number of aromatic nitrogens is 2. The van der Waals surface area contributed by atoms with Crippen molar-refractivity contribution in [1.82, 2.24) is 9.55 Å². The summed E-state index contributed by atoms with van der Waals surface area (Å²) in [6.45, 7) is 2.64. The number of halogens is 3. The van der Waals surface area contributed by atoms with E-state index in [2.05, 4.69) is 4.98 Å². The van der Waals surface area contributed by atoms with Crippen LogP contribution in [0.15, 0.2) is 12.4 Å². The topological polar surface area (TPSA) is 38.0 Å². The molecule has 3 nitrogen and oxygen atoms in total. The molecule has 0 aromatic carbocycles. The van der Waals surface area contributed by atoms with E-state index < -0.39 is 24.1 Å². The molecular formula is C14H21F3N2O. The predicted octanol–water partition coefficient (Wildman–Crippen LogP) is 3.70. The Balaban J connectivity index is 2.21. The monoisotopic (exact) mass is 290 g/mol. The Kier molecular flexibility index (Phi) is 4.73. The zero-order valence-electron chi connectivity index (χ0n) is 11.6. The van der Waals surface area contributed by atoms with Gasteiger partial charge in [-0.05, 0) is 19.3 Å². The van der Waals surface area contributed by atoms with Crippen LogP contribution in [0, 0.1) is 11.8 Å². The lowest BCUT2D eigenvalue weighted by Crippen LogP contribution is -2.37. The lowest BCUT2D eigenvalue weighted by atomic mass is 9.75. The molecule has 114 valence electrons. The number of hydrogen-bond donors (Lipinski definition) is 1. The van der Waals surface area contributed by atoms with Crippen molar-refractivity contribution in [3.8, 4) is 0 Å². The molecule has 0 bridgehead atoms. The summed E-state index contributed by atoms with van der Waals surface area (Å²) in [4.78, 5) is 4.07. The van der Waals surface area contributed by atoms with Crippen molar-refractivity contribution < 1.29 is 18.3 Å². The second-order valence-electron chi connectivity index (χ2n) is 5.52. The molecule has 1 aliphatic carbocycles. The zero-order valence-corrected chi connectivity index (χ0v) is 11.6. The third kappa shape index (κ3) is 3.16. The van der Waals surface area contributed by atoms with Gasteiger partial charge in [-0.25, -0.2) is 4.98 Å². The fourth-order valence-corrected chi connectivity index (χ4v) is 3.15. The van der Waals surface area contributed by atoms with Crippen LogP contribution in [0.2, 0.25) is 0 Å². The minimum Gasteiger partial charge on any atom is -0.385 e. The van der Waals surface area contributed by atoms with Crippen LogP contribution in [-0.2, 0) is 6.54 Å². The van der Waals surface area contributed by atoms with Gasteiger partial charge in [0, 0.05) is 24.9 Å². The van der Waals surface area contributed by atoms with E-state index in [0.717, 1.165) is 12.8 Å². The van der Waals surface area contributed by atoms with E-state index in [0.29, 0.717) is 25.2 Å². The first kappa shape index (κ1) is 15.4. The highest BCUT2D eigenvalue weighted by atomic mass is 19.4. The fraction of sp³-hybridized carbons (Fsp3) is 0.786. The summed E-state index contributed by atoms with van der Waals surface area (Å²) in [7, 11) is 0. The smallest absolute Gasteiger partial charge is 0.385 e. The average Bonchev–Trinajstić information content (AvgIpc) is 2.85. The Hall–Kier alpha value is -1.04. The molecule has 20 heavy (non-hydrogen) atoms. The van der Waals surface area contributed by atoms with Crippen molar-refractivity contribution in [2.24, 2.45) is 11.8 Å². The number of aliphatic hydroxyl groups excluding tert-OH is 1. The van der Waals surface area contributed by atoms with Gasteiger partial charge >= 0.3 is 6.18 Å². The van der Waals surface area contributed by atoms with Crippen molar-refractivity contribution >= 4 is 0 Å². The van der Waals surface area contributed by atoms with Gasteiger partial charge in [-0.2, -0.15) is 13.2 Å². The van der Waals surface area contributed by atoms with Gasteiger partial charge in [-0.3, -0.25) is 0 Å². The standard InChI is InChI=1S/C14H21F3N2O/c1-2-8-19-9-7-18-13(19)12(20)10-5-3-4-6-11(10)14(15,16)17/h7,9-12,20H,2-6,8H2,1H3. The molecule has 1 N–H and O–H groups in total. The first-order valence-corrected chi connectivity index (χ1v) is 7.21. The molecule has 1 heterocycles. The maximum atomic E-state index is 13.1. The van der Waals surface area contributed by atoms with E-state index in [-0.39, 0.29) is 6.42 Å². The van der Waals surface area contributed by atoms with E-state index in [9.17, 15) is 18.3 Å². The molecule has 6 heteroatoms. The van der Waals surface area contributed by atoms with Gasteiger partial charge in [0.1, 0.15) is 11.9 Å². The van der Waals surface area contributed by atoms with Crippen LogP contribution in [0.1, 0.15) is 51.0 Å². The molecule has 2 rings (SSSR count). The third-order valence-electron chi connectivity index (χ3n) is 4.12. The molecule has 1 saturated carbocycles. The Morgan fingerprint density at radius 3 is 2.75 bits per heavy atom. The molecule has 0 aliphatic heterocycles. The number of imidazole rings is 1. The summed E-state index contributed by atoms with van der Waals surface area (Å²) < 4.78 is 41.1. The van der Waals surface area contributed by atoms with E-state index in [4.69, 9.17) is 0 Å². The Morgan fingerprint density at radius 1 is 1.40 bits per heavy atom. The normalized spacial score (nSPS) is 25.6. The second-order valence-corrected chi connectivity index (χ2v) is 5.52. The highest BCUT2D eigenvalue weighted by molar-refractivity contribution is 5.01. The van der Waals surface area contributed by atoms with Crippen LogP contribution in [0.3, 0.4) is 0 Å². The van der Waals surface area contributed by atoms with E-state index in [1.54, 1.807) is 17.0 Å².